The number of Topliss-reactive ketones (excluding diaryl/α,β-unsaturated/α-hetero) is 1. The lowest BCUT2D eigenvalue weighted by Gasteiger charge is -2.60. The van der Waals surface area contributed by atoms with Crippen LogP contribution in [0.5, 0.6) is 0 Å². The molecule has 1 spiro atoms. The molecule has 1 aliphatic heterocycles. The Labute approximate surface area is 173 Å². The molecule has 7 atom stereocenters. The molecule has 0 aromatic heterocycles. The van der Waals surface area contributed by atoms with E-state index in [2.05, 4.69) is 13.8 Å². The lowest BCUT2D eigenvalue weighted by atomic mass is 9.46. The summed E-state index contributed by atoms with van der Waals surface area (Å²) < 4.78 is 17.5. The molecule has 1 unspecified atom stereocenters. The van der Waals surface area contributed by atoms with Gasteiger partial charge in [-0.05, 0) is 74.2 Å². The highest BCUT2D eigenvalue weighted by molar-refractivity contribution is 5.92. The lowest BCUT2D eigenvalue weighted by molar-refractivity contribution is -0.414. The number of hydrogen-bond donors (Lipinski definition) is 0. The first kappa shape index (κ1) is 19.9. The molecular weight excluding hydrogens is 368 g/mol. The molecule has 1 saturated heterocycles. The molecule has 5 nitrogen and oxygen atoms in total. The maximum atomic E-state index is 13.2. The third kappa shape index (κ3) is 2.50. The predicted molar refractivity (Wildman–Crippen MR) is 107 cm³/mol. The second-order valence-corrected chi connectivity index (χ2v) is 10.7. The van der Waals surface area contributed by atoms with Gasteiger partial charge in [-0.1, -0.05) is 19.4 Å². The summed E-state index contributed by atoms with van der Waals surface area (Å²) in [4.78, 5) is 25.2. The van der Waals surface area contributed by atoms with E-state index >= 15 is 0 Å². The molecule has 3 saturated carbocycles. The minimum atomic E-state index is -1.15. The standard InChI is InChI=1S/C24H34O5/c1-21-10-7-16(25)13-15(21)5-6-17-18(21)8-11-22(2)19(17)9-12-24(22)20(26)14-28-23(3,27-4)29-24/h13,17-19H,5-12,14H2,1-4H3/t17-,18+,19+,21+,22+,23?,24+/m1/s1. The SMILES string of the molecule is COC1(C)OCC(=O)[C@]2(CC[C@H]3[C@@H]4CCC5=CC(=O)CC[C@]5(C)[C@H]4CC[C@@]32C)O1. The third-order valence-corrected chi connectivity index (χ3v) is 9.73. The first-order valence-electron chi connectivity index (χ1n) is 11.3. The van der Waals surface area contributed by atoms with Crippen molar-refractivity contribution in [2.75, 3.05) is 13.7 Å². The molecule has 0 bridgehead atoms. The van der Waals surface area contributed by atoms with Crippen LogP contribution < -0.4 is 0 Å². The molecule has 160 valence electrons. The summed E-state index contributed by atoms with van der Waals surface area (Å²) in [7, 11) is 1.58. The average Bonchev–Trinajstić information content (AvgIpc) is 2.99. The van der Waals surface area contributed by atoms with Crippen LogP contribution in [-0.2, 0) is 23.8 Å². The molecule has 0 aromatic rings. The summed E-state index contributed by atoms with van der Waals surface area (Å²) in [6.07, 6.45) is 9.65. The van der Waals surface area contributed by atoms with E-state index < -0.39 is 11.6 Å². The first-order chi connectivity index (χ1) is 13.7. The fraction of sp³-hybridized carbons (Fsp3) is 0.833. The van der Waals surface area contributed by atoms with Gasteiger partial charge < -0.3 is 14.2 Å². The number of hydrogen-bond acceptors (Lipinski definition) is 5. The second kappa shape index (κ2) is 6.24. The van der Waals surface area contributed by atoms with Crippen LogP contribution >= 0.6 is 0 Å². The molecule has 0 amide bonds. The van der Waals surface area contributed by atoms with Crippen LogP contribution in [0, 0.1) is 28.6 Å². The highest BCUT2D eigenvalue weighted by Crippen LogP contribution is 2.69. The molecule has 0 N–H and O–H groups in total. The van der Waals surface area contributed by atoms with Crippen LogP contribution in [0.2, 0.25) is 0 Å². The van der Waals surface area contributed by atoms with Crippen LogP contribution in [0.1, 0.15) is 72.1 Å². The Morgan fingerprint density at radius 3 is 2.52 bits per heavy atom. The van der Waals surface area contributed by atoms with Gasteiger partial charge in [0.15, 0.2) is 11.6 Å². The predicted octanol–water partition coefficient (Wildman–Crippen LogP) is 4.19. The van der Waals surface area contributed by atoms with Crippen molar-refractivity contribution in [3.63, 3.8) is 0 Å². The molecule has 0 aromatic carbocycles. The van der Waals surface area contributed by atoms with Crippen LogP contribution in [0.15, 0.2) is 11.6 Å². The quantitative estimate of drug-likeness (QED) is 0.658. The molecule has 1 heterocycles. The highest BCUT2D eigenvalue weighted by atomic mass is 16.9. The Kier molecular flexibility index (Phi) is 4.28. The van der Waals surface area contributed by atoms with E-state index in [0.29, 0.717) is 30.0 Å². The maximum Gasteiger partial charge on any atom is 0.281 e. The van der Waals surface area contributed by atoms with Gasteiger partial charge >= 0.3 is 0 Å². The number of carbonyl (C=O) groups is 2. The fourth-order valence-electron chi connectivity index (χ4n) is 8.00. The van der Waals surface area contributed by atoms with Gasteiger partial charge in [0.05, 0.1) is 0 Å². The van der Waals surface area contributed by atoms with Gasteiger partial charge in [0.25, 0.3) is 5.97 Å². The molecule has 29 heavy (non-hydrogen) atoms. The Morgan fingerprint density at radius 1 is 1.00 bits per heavy atom. The zero-order chi connectivity index (χ0) is 20.7. The van der Waals surface area contributed by atoms with E-state index in [1.807, 2.05) is 6.08 Å². The molecule has 4 aliphatic carbocycles. The first-order valence-corrected chi connectivity index (χ1v) is 11.3. The minimum Gasteiger partial charge on any atom is -0.331 e. The molecule has 5 rings (SSSR count). The zero-order valence-electron chi connectivity index (χ0n) is 18.2. The van der Waals surface area contributed by atoms with Gasteiger partial charge in [-0.15, -0.1) is 0 Å². The van der Waals surface area contributed by atoms with E-state index in [9.17, 15) is 9.59 Å². The third-order valence-electron chi connectivity index (χ3n) is 9.73. The Hall–Kier alpha value is -1.04. The number of carbonyl (C=O) groups excluding carboxylic acids is 2. The summed E-state index contributed by atoms with van der Waals surface area (Å²) in [5.41, 5.74) is 0.550. The summed E-state index contributed by atoms with van der Waals surface area (Å²) >= 11 is 0. The summed E-state index contributed by atoms with van der Waals surface area (Å²) in [5, 5.41) is 0. The molecule has 5 aliphatic rings. The Bertz CT molecular complexity index is 788. The van der Waals surface area contributed by atoms with Crippen molar-refractivity contribution in [3.8, 4) is 0 Å². The van der Waals surface area contributed by atoms with Crippen LogP contribution in [0.4, 0.5) is 0 Å². The maximum absolute atomic E-state index is 13.2. The smallest absolute Gasteiger partial charge is 0.281 e. The topological polar surface area (TPSA) is 61.8 Å². The van der Waals surface area contributed by atoms with Crippen molar-refractivity contribution in [2.24, 2.45) is 28.6 Å². The number of allylic oxidation sites excluding steroid dienone is 1. The summed E-state index contributed by atoms with van der Waals surface area (Å²) in [6.45, 7) is 6.53. The Balaban J connectivity index is 1.50. The summed E-state index contributed by atoms with van der Waals surface area (Å²) in [6, 6.07) is 0. The van der Waals surface area contributed by atoms with Crippen molar-refractivity contribution in [1.29, 1.82) is 0 Å². The van der Waals surface area contributed by atoms with E-state index in [0.717, 1.165) is 44.9 Å². The van der Waals surface area contributed by atoms with Crippen molar-refractivity contribution < 1.29 is 23.8 Å². The van der Waals surface area contributed by atoms with Crippen molar-refractivity contribution in [3.05, 3.63) is 11.6 Å². The minimum absolute atomic E-state index is 0.0630. The van der Waals surface area contributed by atoms with Gasteiger partial charge in [0, 0.05) is 25.9 Å². The largest absolute Gasteiger partial charge is 0.331 e. The van der Waals surface area contributed by atoms with E-state index in [4.69, 9.17) is 14.2 Å². The van der Waals surface area contributed by atoms with Crippen molar-refractivity contribution in [1.82, 2.24) is 0 Å². The number of methoxy groups -OCH3 is 1. The fourth-order valence-corrected chi connectivity index (χ4v) is 8.00. The number of ether oxygens (including phenoxy) is 3. The zero-order valence-corrected chi connectivity index (χ0v) is 18.2. The van der Waals surface area contributed by atoms with Crippen LogP contribution in [0.25, 0.3) is 0 Å². The monoisotopic (exact) mass is 402 g/mol. The van der Waals surface area contributed by atoms with E-state index in [1.165, 1.54) is 5.57 Å². The lowest BCUT2D eigenvalue weighted by Crippen LogP contribution is -2.65. The van der Waals surface area contributed by atoms with Gasteiger partial charge in [-0.25, -0.2) is 0 Å². The second-order valence-electron chi connectivity index (χ2n) is 10.7. The van der Waals surface area contributed by atoms with Crippen LogP contribution in [-0.4, -0.2) is 36.9 Å². The van der Waals surface area contributed by atoms with E-state index in [1.54, 1.807) is 14.0 Å². The van der Waals surface area contributed by atoms with E-state index in [-0.39, 0.29) is 23.2 Å². The van der Waals surface area contributed by atoms with Gasteiger partial charge in [-0.2, -0.15) is 0 Å². The molecule has 4 fully saturated rings. The summed E-state index contributed by atoms with van der Waals surface area (Å²) in [5.74, 6) is 0.906. The normalized spacial score (nSPS) is 52.0. The van der Waals surface area contributed by atoms with Crippen molar-refractivity contribution in [2.45, 2.75) is 83.7 Å². The van der Waals surface area contributed by atoms with Gasteiger partial charge in [-0.3, -0.25) is 9.59 Å². The van der Waals surface area contributed by atoms with Crippen LogP contribution in [0.3, 0.4) is 0 Å². The molecular formula is C24H34O5. The van der Waals surface area contributed by atoms with Crippen molar-refractivity contribution >= 4 is 11.6 Å². The van der Waals surface area contributed by atoms with Gasteiger partial charge in [0.1, 0.15) is 12.2 Å². The molecule has 0 radical (unpaired) electrons. The average molecular weight is 403 g/mol. The number of fused-ring (bicyclic) bond motifs is 6. The molecule has 5 heteroatoms. The number of rotatable bonds is 1. The van der Waals surface area contributed by atoms with Gasteiger partial charge in [0.2, 0.25) is 0 Å². The Morgan fingerprint density at radius 2 is 1.76 bits per heavy atom. The number of ketones is 2. The highest BCUT2D eigenvalue weighted by Gasteiger charge is 2.70.